The van der Waals surface area contributed by atoms with Crippen LogP contribution in [0.2, 0.25) is 10.0 Å². The molecule has 10 heteroatoms. The molecule has 8 nitrogen and oxygen atoms in total. The van der Waals surface area contributed by atoms with Gasteiger partial charge in [0, 0.05) is 49.7 Å². The number of aromatic nitrogens is 5. The Morgan fingerprint density at radius 3 is 2.49 bits per heavy atom. The zero-order chi connectivity index (χ0) is 24.4. The van der Waals surface area contributed by atoms with Crippen molar-refractivity contribution in [3.8, 4) is 16.8 Å². The molecule has 1 saturated heterocycles. The Balaban J connectivity index is 1.32. The number of amides is 1. The molecule has 1 aliphatic heterocycles. The maximum absolute atomic E-state index is 13.5. The normalized spacial score (nSPS) is 14.1. The Hall–Kier alpha value is -3.49. The predicted molar refractivity (Wildman–Crippen MR) is 136 cm³/mol. The second-order valence-corrected chi connectivity index (χ2v) is 9.13. The van der Waals surface area contributed by atoms with Crippen molar-refractivity contribution in [2.45, 2.75) is 13.3 Å². The van der Waals surface area contributed by atoms with Crippen LogP contribution in [0.15, 0.2) is 61.2 Å². The lowest BCUT2D eigenvalue weighted by Crippen LogP contribution is -2.36. The van der Waals surface area contributed by atoms with Gasteiger partial charge in [0.1, 0.15) is 0 Å². The van der Waals surface area contributed by atoms with Crippen LogP contribution in [-0.2, 0) is 0 Å². The fraction of sp³-hybridized carbons (Fsp3) is 0.240. The van der Waals surface area contributed by atoms with Crippen molar-refractivity contribution in [1.29, 1.82) is 0 Å². The minimum absolute atomic E-state index is 0.0327. The first-order chi connectivity index (χ1) is 17.0. The van der Waals surface area contributed by atoms with E-state index in [1.807, 2.05) is 42.2 Å². The van der Waals surface area contributed by atoms with Crippen molar-refractivity contribution in [2.24, 2.45) is 0 Å². The molecule has 0 radical (unpaired) electrons. The van der Waals surface area contributed by atoms with E-state index in [2.05, 4.69) is 25.1 Å². The molecule has 4 aromatic rings. The molecule has 0 atom stereocenters. The summed E-state index contributed by atoms with van der Waals surface area (Å²) in [4.78, 5) is 28.1. The van der Waals surface area contributed by atoms with Gasteiger partial charge in [0.05, 0.1) is 33.7 Å². The molecule has 0 aliphatic carbocycles. The number of nitrogens with zero attached hydrogens (tertiary/aromatic N) is 7. The van der Waals surface area contributed by atoms with E-state index in [9.17, 15) is 4.79 Å². The molecular formula is C25H23Cl2N7O. The third kappa shape index (κ3) is 4.85. The Bertz CT molecular complexity index is 1340. The van der Waals surface area contributed by atoms with Crippen molar-refractivity contribution < 1.29 is 4.79 Å². The third-order valence-electron chi connectivity index (χ3n) is 5.98. The molecule has 1 aliphatic rings. The molecule has 35 heavy (non-hydrogen) atoms. The highest BCUT2D eigenvalue weighted by atomic mass is 35.5. The van der Waals surface area contributed by atoms with Gasteiger partial charge < -0.3 is 9.80 Å². The fourth-order valence-electron chi connectivity index (χ4n) is 4.18. The number of rotatable bonds is 4. The highest BCUT2D eigenvalue weighted by Gasteiger charge is 2.24. The van der Waals surface area contributed by atoms with E-state index in [0.29, 0.717) is 46.9 Å². The first-order valence-electron chi connectivity index (χ1n) is 11.3. The zero-order valence-electron chi connectivity index (χ0n) is 19.1. The van der Waals surface area contributed by atoms with Crippen molar-refractivity contribution in [2.75, 3.05) is 31.1 Å². The van der Waals surface area contributed by atoms with E-state index in [1.54, 1.807) is 30.9 Å². The second-order valence-electron chi connectivity index (χ2n) is 8.35. The van der Waals surface area contributed by atoms with Gasteiger partial charge in [-0.3, -0.25) is 4.79 Å². The van der Waals surface area contributed by atoms with Crippen LogP contribution in [0.4, 0.5) is 5.95 Å². The summed E-state index contributed by atoms with van der Waals surface area (Å²) >= 11 is 12.5. The molecule has 1 amide bonds. The van der Waals surface area contributed by atoms with Crippen molar-refractivity contribution in [1.82, 2.24) is 29.9 Å². The Morgan fingerprint density at radius 1 is 0.943 bits per heavy atom. The minimum atomic E-state index is -0.0327. The van der Waals surface area contributed by atoms with E-state index in [1.165, 1.54) is 4.80 Å². The van der Waals surface area contributed by atoms with Crippen LogP contribution in [0.25, 0.3) is 16.8 Å². The molecule has 3 heterocycles. The maximum atomic E-state index is 13.5. The number of hydrogen-bond acceptors (Lipinski definition) is 6. The van der Waals surface area contributed by atoms with Gasteiger partial charge in [-0.1, -0.05) is 47.0 Å². The fourth-order valence-corrected chi connectivity index (χ4v) is 4.59. The molecule has 0 unspecified atom stereocenters. The summed E-state index contributed by atoms with van der Waals surface area (Å²) in [6, 6.07) is 11.2. The van der Waals surface area contributed by atoms with Crippen LogP contribution in [0.5, 0.6) is 0 Å². The van der Waals surface area contributed by atoms with Crippen LogP contribution in [0.1, 0.15) is 22.3 Å². The molecule has 0 N–H and O–H groups in total. The Kier molecular flexibility index (Phi) is 6.66. The number of carbonyl (C=O) groups is 1. The number of aryl methyl sites for hydroxylation is 1. The summed E-state index contributed by atoms with van der Waals surface area (Å²) in [6.07, 6.45) is 7.51. The van der Waals surface area contributed by atoms with Crippen LogP contribution in [0.3, 0.4) is 0 Å². The summed E-state index contributed by atoms with van der Waals surface area (Å²) in [5, 5.41) is 9.39. The minimum Gasteiger partial charge on any atom is -0.339 e. The monoisotopic (exact) mass is 507 g/mol. The maximum Gasteiger partial charge on any atom is 0.256 e. The number of halogens is 2. The lowest BCUT2D eigenvalue weighted by molar-refractivity contribution is 0.0766. The molecule has 0 spiro atoms. The van der Waals surface area contributed by atoms with Crippen molar-refractivity contribution in [3.63, 3.8) is 0 Å². The van der Waals surface area contributed by atoms with Gasteiger partial charge in [0.15, 0.2) is 0 Å². The molecule has 1 fully saturated rings. The Morgan fingerprint density at radius 2 is 1.71 bits per heavy atom. The van der Waals surface area contributed by atoms with Gasteiger partial charge in [-0.15, -0.1) is 0 Å². The largest absolute Gasteiger partial charge is 0.339 e. The van der Waals surface area contributed by atoms with Gasteiger partial charge in [-0.05, 0) is 31.5 Å². The van der Waals surface area contributed by atoms with Crippen LogP contribution in [0, 0.1) is 6.92 Å². The zero-order valence-corrected chi connectivity index (χ0v) is 20.6. The van der Waals surface area contributed by atoms with Gasteiger partial charge >= 0.3 is 0 Å². The summed E-state index contributed by atoms with van der Waals surface area (Å²) < 4.78 is 0. The first-order valence-corrected chi connectivity index (χ1v) is 12.0. The number of carbonyl (C=O) groups excluding carboxylic acids is 1. The number of anilines is 1. The molecule has 5 rings (SSSR count). The smallest absolute Gasteiger partial charge is 0.256 e. The topological polar surface area (TPSA) is 80.0 Å². The summed E-state index contributed by atoms with van der Waals surface area (Å²) in [5.41, 5.74) is 3.86. The molecular weight excluding hydrogens is 485 g/mol. The quantitative estimate of drug-likeness (QED) is 0.398. The molecule has 178 valence electrons. The lowest BCUT2D eigenvalue weighted by Gasteiger charge is -2.23. The number of benzene rings is 2. The van der Waals surface area contributed by atoms with Crippen LogP contribution in [-0.4, -0.2) is 61.9 Å². The molecule has 0 saturated carbocycles. The van der Waals surface area contributed by atoms with E-state index in [4.69, 9.17) is 23.2 Å². The van der Waals surface area contributed by atoms with Gasteiger partial charge in [0.25, 0.3) is 5.91 Å². The molecule has 2 aromatic carbocycles. The van der Waals surface area contributed by atoms with Gasteiger partial charge in [0.2, 0.25) is 5.95 Å². The lowest BCUT2D eigenvalue weighted by atomic mass is 10.1. The number of hydrogen-bond donors (Lipinski definition) is 0. The summed E-state index contributed by atoms with van der Waals surface area (Å²) in [6.45, 7) is 4.56. The first kappa shape index (κ1) is 23.3. The highest BCUT2D eigenvalue weighted by molar-refractivity contribution is 6.43. The van der Waals surface area contributed by atoms with Gasteiger partial charge in [-0.2, -0.15) is 15.0 Å². The molecule has 0 bridgehead atoms. The highest BCUT2D eigenvalue weighted by Crippen LogP contribution is 2.33. The van der Waals surface area contributed by atoms with E-state index in [-0.39, 0.29) is 5.91 Å². The van der Waals surface area contributed by atoms with Crippen LogP contribution >= 0.6 is 23.2 Å². The van der Waals surface area contributed by atoms with Crippen molar-refractivity contribution in [3.05, 3.63) is 82.4 Å². The second kappa shape index (κ2) is 10.0. The SMILES string of the molecule is Cc1ccc(-n2nccn2)c(C(=O)N2CCCN(c3ncc(-c4cccc(Cl)c4Cl)cn3)CC2)c1. The average Bonchev–Trinajstić information content (AvgIpc) is 3.29. The van der Waals surface area contributed by atoms with Gasteiger partial charge in [-0.25, -0.2) is 9.97 Å². The summed E-state index contributed by atoms with van der Waals surface area (Å²) in [7, 11) is 0. The van der Waals surface area contributed by atoms with Crippen LogP contribution < -0.4 is 4.90 Å². The van der Waals surface area contributed by atoms with E-state index in [0.717, 1.165) is 29.7 Å². The predicted octanol–water partition coefficient (Wildman–Crippen LogP) is 4.69. The van der Waals surface area contributed by atoms with E-state index < -0.39 is 0 Å². The van der Waals surface area contributed by atoms with E-state index >= 15 is 0 Å². The van der Waals surface area contributed by atoms with Crippen molar-refractivity contribution >= 4 is 35.1 Å². The molecule has 2 aromatic heterocycles. The summed E-state index contributed by atoms with van der Waals surface area (Å²) in [5.74, 6) is 0.591. The Labute approximate surface area is 213 Å². The average molecular weight is 508 g/mol. The third-order valence-corrected chi connectivity index (χ3v) is 6.80. The standard InChI is InChI=1S/C25H23Cl2N7O/c1-17-6-7-22(34-30-8-9-31-34)20(14-17)24(35)32-10-3-11-33(13-12-32)25-28-15-18(16-29-25)19-4-2-5-21(26)23(19)27/h2,4-9,14-16H,3,10-13H2,1H3.